The van der Waals surface area contributed by atoms with E-state index in [1.165, 1.54) is 6.26 Å². The van der Waals surface area contributed by atoms with Crippen LogP contribution in [0.1, 0.15) is 18.1 Å². The van der Waals surface area contributed by atoms with Crippen molar-refractivity contribution >= 4 is 33.6 Å². The van der Waals surface area contributed by atoms with Crippen molar-refractivity contribution in [3.8, 4) is 0 Å². The summed E-state index contributed by atoms with van der Waals surface area (Å²) in [6, 6.07) is 14.7. The number of hydrogen-bond donors (Lipinski definition) is 0. The Morgan fingerprint density at radius 3 is 2.00 bits per heavy atom. The molecule has 0 heterocycles. The number of carbonyl (C=O) groups excluding carboxylic acids is 1. The third-order valence-corrected chi connectivity index (χ3v) is 5.25. The van der Waals surface area contributed by atoms with Crippen LogP contribution >= 0.6 is 0 Å². The predicted molar refractivity (Wildman–Crippen MR) is 114 cm³/mol. The van der Waals surface area contributed by atoms with Crippen molar-refractivity contribution in [3.05, 3.63) is 71.8 Å². The number of carbonyl (C=O) groups is 1. The molecule has 5 nitrogen and oxygen atoms in total. The first-order valence-electron chi connectivity index (χ1n) is 8.79. The van der Waals surface area contributed by atoms with Gasteiger partial charge in [0.2, 0.25) is 0 Å². The monoisotopic (exact) mass is 399 g/mol. The summed E-state index contributed by atoms with van der Waals surface area (Å²) >= 11 is 0. The molecule has 0 bridgehead atoms. The van der Waals surface area contributed by atoms with Crippen LogP contribution in [0, 0.1) is 0 Å². The Morgan fingerprint density at radius 2 is 1.54 bits per heavy atom. The van der Waals surface area contributed by atoms with Gasteiger partial charge in [-0.05, 0) is 42.3 Å². The van der Waals surface area contributed by atoms with E-state index >= 15 is 0 Å². The molecule has 2 aromatic carbocycles. The van der Waals surface area contributed by atoms with Crippen LogP contribution in [-0.4, -0.2) is 40.8 Å². The maximum Gasteiger partial charge on any atom is 0.333 e. The molecule has 0 aliphatic rings. The van der Waals surface area contributed by atoms with Gasteiger partial charge in [0, 0.05) is 24.6 Å². The summed E-state index contributed by atoms with van der Waals surface area (Å²) in [7, 11) is -1.24. The number of esters is 1. The fraction of sp³-hybridized carbons (Fsp3) is 0.227. The molecule has 0 saturated heterocycles. The molecule has 148 valence electrons. The molecule has 0 aromatic heterocycles. The second-order valence-electron chi connectivity index (χ2n) is 6.60. The van der Waals surface area contributed by atoms with Crippen LogP contribution in [0.2, 0.25) is 0 Å². The zero-order valence-corrected chi connectivity index (χ0v) is 17.2. The van der Waals surface area contributed by atoms with E-state index in [1.807, 2.05) is 48.4 Å². The number of nitrogens with zero attached hydrogens (tertiary/aromatic N) is 1. The lowest BCUT2D eigenvalue weighted by Crippen LogP contribution is -2.23. The quantitative estimate of drug-likeness (QED) is 0.384. The molecule has 0 radical (unpaired) electrons. The lowest BCUT2D eigenvalue weighted by molar-refractivity contribution is -0.138. The number of likely N-dealkylation sites (N-methyl/N-ethyl adjacent to an activating group) is 1. The lowest BCUT2D eigenvalue weighted by atomic mass is 10.1. The minimum absolute atomic E-state index is 0.299. The van der Waals surface area contributed by atoms with Gasteiger partial charge in [0.05, 0.1) is 11.4 Å². The fourth-order valence-electron chi connectivity index (χ4n) is 2.39. The summed E-state index contributed by atoms with van der Waals surface area (Å²) in [6.07, 6.45) is 5.09. The molecule has 0 fully saturated rings. The average molecular weight is 400 g/mol. The van der Waals surface area contributed by atoms with Gasteiger partial charge < -0.3 is 9.64 Å². The first-order valence-corrected chi connectivity index (χ1v) is 10.7. The van der Waals surface area contributed by atoms with Crippen molar-refractivity contribution in [3.63, 3.8) is 0 Å². The molecule has 2 aromatic rings. The van der Waals surface area contributed by atoms with Crippen molar-refractivity contribution in [2.75, 3.05) is 31.4 Å². The molecule has 6 heteroatoms. The standard InChI is InChI=1S/C22H25NO4S/c1-17(2)22(24)27-16-15-23(3)20-11-7-18(8-12-20)5-6-19-9-13-21(14-10-19)28(4,25)26/h5-14H,1,15-16H2,2-4H3. The van der Waals surface area contributed by atoms with Gasteiger partial charge >= 0.3 is 5.97 Å². The van der Waals surface area contributed by atoms with Crippen LogP contribution in [-0.2, 0) is 19.4 Å². The van der Waals surface area contributed by atoms with Crippen molar-refractivity contribution < 1.29 is 17.9 Å². The Labute approximate surface area is 166 Å². The van der Waals surface area contributed by atoms with Gasteiger partial charge in [0.1, 0.15) is 6.61 Å². The van der Waals surface area contributed by atoms with Gasteiger partial charge in [0.25, 0.3) is 0 Å². The number of anilines is 1. The molecule has 0 aliphatic heterocycles. The molecular weight excluding hydrogens is 374 g/mol. The van der Waals surface area contributed by atoms with Gasteiger partial charge in [-0.15, -0.1) is 0 Å². The number of hydrogen-bond acceptors (Lipinski definition) is 5. The summed E-state index contributed by atoms with van der Waals surface area (Å²) in [5, 5.41) is 0. The van der Waals surface area contributed by atoms with E-state index in [0.29, 0.717) is 23.6 Å². The van der Waals surface area contributed by atoms with Gasteiger partial charge in [-0.2, -0.15) is 0 Å². The summed E-state index contributed by atoms with van der Waals surface area (Å²) in [6.45, 7) is 6.06. The molecule has 0 atom stereocenters. The molecule has 28 heavy (non-hydrogen) atoms. The minimum atomic E-state index is -3.18. The first-order chi connectivity index (χ1) is 13.2. The molecule has 0 unspecified atom stereocenters. The van der Waals surface area contributed by atoms with Crippen molar-refractivity contribution in [2.45, 2.75) is 11.8 Å². The van der Waals surface area contributed by atoms with E-state index in [4.69, 9.17) is 4.74 Å². The highest BCUT2D eigenvalue weighted by Crippen LogP contribution is 2.17. The third kappa shape index (κ3) is 6.39. The van der Waals surface area contributed by atoms with Crippen molar-refractivity contribution in [1.29, 1.82) is 0 Å². The summed E-state index contributed by atoms with van der Waals surface area (Å²) in [5.74, 6) is -0.376. The highest BCUT2D eigenvalue weighted by Gasteiger charge is 2.06. The molecule has 0 N–H and O–H groups in total. The van der Waals surface area contributed by atoms with Gasteiger partial charge in [0.15, 0.2) is 9.84 Å². The topological polar surface area (TPSA) is 63.7 Å². The highest BCUT2D eigenvalue weighted by molar-refractivity contribution is 7.90. The third-order valence-electron chi connectivity index (χ3n) is 4.12. The summed E-state index contributed by atoms with van der Waals surface area (Å²) in [4.78, 5) is 13.7. The number of rotatable bonds is 8. The zero-order chi connectivity index (χ0) is 20.7. The molecule has 0 saturated carbocycles. The van der Waals surface area contributed by atoms with Gasteiger partial charge in [-0.25, -0.2) is 13.2 Å². The minimum Gasteiger partial charge on any atom is -0.460 e. The van der Waals surface area contributed by atoms with E-state index in [0.717, 1.165) is 16.8 Å². The normalized spacial score (nSPS) is 11.4. The van der Waals surface area contributed by atoms with Crippen LogP contribution in [0.25, 0.3) is 12.2 Å². The molecular formula is C22H25NO4S. The molecule has 2 rings (SSSR count). The largest absolute Gasteiger partial charge is 0.460 e. The van der Waals surface area contributed by atoms with E-state index in [9.17, 15) is 13.2 Å². The molecule has 0 amide bonds. The van der Waals surface area contributed by atoms with Crippen LogP contribution in [0.15, 0.2) is 65.6 Å². The fourth-order valence-corrected chi connectivity index (χ4v) is 3.02. The van der Waals surface area contributed by atoms with E-state index in [-0.39, 0.29) is 5.97 Å². The second kappa shape index (κ2) is 9.37. The number of ether oxygens (including phenoxy) is 1. The van der Waals surface area contributed by atoms with E-state index in [2.05, 4.69) is 6.58 Å². The zero-order valence-electron chi connectivity index (χ0n) is 16.4. The Hall–Kier alpha value is -2.86. The number of benzene rings is 2. The maximum absolute atomic E-state index is 11.5. The van der Waals surface area contributed by atoms with Crippen LogP contribution < -0.4 is 4.90 Å². The Balaban J connectivity index is 1.93. The molecule has 0 aliphatic carbocycles. The van der Waals surface area contributed by atoms with Crippen LogP contribution in [0.3, 0.4) is 0 Å². The SMILES string of the molecule is C=C(C)C(=O)OCCN(C)c1ccc(C=Cc2ccc(S(C)(=O)=O)cc2)cc1. The summed E-state index contributed by atoms with van der Waals surface area (Å²) < 4.78 is 28.1. The van der Waals surface area contributed by atoms with Crippen molar-refractivity contribution in [1.82, 2.24) is 0 Å². The van der Waals surface area contributed by atoms with Crippen LogP contribution in [0.4, 0.5) is 5.69 Å². The Kier molecular flexibility index (Phi) is 7.18. The summed E-state index contributed by atoms with van der Waals surface area (Å²) in [5.41, 5.74) is 3.36. The second-order valence-corrected chi connectivity index (χ2v) is 8.62. The Bertz CT molecular complexity index is 959. The smallest absolute Gasteiger partial charge is 0.333 e. The number of sulfone groups is 1. The Morgan fingerprint density at radius 1 is 1.04 bits per heavy atom. The van der Waals surface area contributed by atoms with Gasteiger partial charge in [-0.1, -0.05) is 43.0 Å². The maximum atomic E-state index is 11.5. The lowest BCUT2D eigenvalue weighted by Gasteiger charge is -2.19. The average Bonchev–Trinajstić information content (AvgIpc) is 2.66. The van der Waals surface area contributed by atoms with Crippen molar-refractivity contribution in [2.24, 2.45) is 0 Å². The predicted octanol–water partition coefficient (Wildman–Crippen LogP) is 3.82. The van der Waals surface area contributed by atoms with Crippen LogP contribution in [0.5, 0.6) is 0 Å². The molecule has 0 spiro atoms. The highest BCUT2D eigenvalue weighted by atomic mass is 32.2. The van der Waals surface area contributed by atoms with Gasteiger partial charge in [-0.3, -0.25) is 0 Å². The van der Waals surface area contributed by atoms with E-state index in [1.54, 1.807) is 31.2 Å². The first kappa shape index (κ1) is 21.4. The van der Waals surface area contributed by atoms with E-state index < -0.39 is 9.84 Å².